The fourth-order valence-corrected chi connectivity index (χ4v) is 1.17. The zero-order valence-corrected chi connectivity index (χ0v) is 8.34. The first-order valence-electron chi connectivity index (χ1n) is 4.80. The molecule has 0 radical (unpaired) electrons. The third-order valence-electron chi connectivity index (χ3n) is 1.85. The predicted octanol–water partition coefficient (Wildman–Crippen LogP) is 4.26. The Morgan fingerprint density at radius 3 is 2.58 bits per heavy atom. The van der Waals surface area contributed by atoms with Crippen LogP contribution in [0.5, 0.6) is 0 Å². The number of hydrogen-bond acceptors (Lipinski definition) is 0. The Morgan fingerprint density at radius 2 is 2.08 bits per heavy atom. The molecule has 0 spiro atoms. The molecule has 68 valence electrons. The second-order valence-corrected chi connectivity index (χ2v) is 2.83. The van der Waals surface area contributed by atoms with Crippen LogP contribution in [0.3, 0.4) is 0 Å². The van der Waals surface area contributed by atoms with E-state index in [0.717, 1.165) is 12.8 Å². The van der Waals surface area contributed by atoms with Crippen molar-refractivity contribution >= 4 is 0 Å². The molecule has 0 atom stereocenters. The number of allylic oxidation sites excluding steroid dienone is 5. The van der Waals surface area contributed by atoms with Crippen LogP contribution in [0.4, 0.5) is 0 Å². The van der Waals surface area contributed by atoms with Gasteiger partial charge in [-0.15, -0.1) is 0 Å². The quantitative estimate of drug-likeness (QED) is 0.406. The maximum absolute atomic E-state index is 3.63. The van der Waals surface area contributed by atoms with E-state index in [1.165, 1.54) is 12.8 Å². The van der Waals surface area contributed by atoms with Crippen LogP contribution in [0.25, 0.3) is 0 Å². The molecule has 0 rings (SSSR count). The Labute approximate surface area is 76.7 Å². The molecule has 0 aromatic heterocycles. The monoisotopic (exact) mass is 164 g/mol. The highest BCUT2D eigenvalue weighted by molar-refractivity contribution is 5.04. The van der Waals surface area contributed by atoms with Gasteiger partial charge in [0.2, 0.25) is 0 Å². The highest BCUT2D eigenvalue weighted by Gasteiger charge is 1.90. The molecule has 0 heteroatoms. The highest BCUT2D eigenvalue weighted by atomic mass is 14.0. The molecule has 12 heavy (non-hydrogen) atoms. The minimum Gasteiger partial charge on any atom is -0.0991 e. The number of rotatable bonds is 6. The molecule has 0 nitrogen and oxygen atoms in total. The first-order valence-corrected chi connectivity index (χ1v) is 4.80. The zero-order chi connectivity index (χ0) is 9.23. The van der Waals surface area contributed by atoms with Crippen molar-refractivity contribution in [2.75, 3.05) is 0 Å². The van der Waals surface area contributed by atoms with Gasteiger partial charge in [0.25, 0.3) is 0 Å². The van der Waals surface area contributed by atoms with Crippen LogP contribution >= 0.6 is 0 Å². The smallest absolute Gasteiger partial charge is 0.0286 e. The van der Waals surface area contributed by atoms with Crippen molar-refractivity contribution in [3.63, 3.8) is 0 Å². The lowest BCUT2D eigenvalue weighted by molar-refractivity contribution is 0.894. The van der Waals surface area contributed by atoms with Crippen LogP contribution in [-0.4, -0.2) is 0 Å². The normalized spacial score (nSPS) is 12.3. The molecule has 0 aromatic rings. The maximum atomic E-state index is 3.63. The van der Waals surface area contributed by atoms with Gasteiger partial charge in [-0.25, -0.2) is 0 Å². The van der Waals surface area contributed by atoms with E-state index in [-0.39, 0.29) is 0 Å². The summed E-state index contributed by atoms with van der Waals surface area (Å²) in [6, 6.07) is 0. The molecule has 0 fully saturated rings. The highest BCUT2D eigenvalue weighted by Crippen LogP contribution is 2.10. The molecular formula is C12H20. The lowest BCUT2D eigenvalue weighted by Gasteiger charge is -2.00. The predicted molar refractivity (Wildman–Crippen MR) is 57.2 cm³/mol. The van der Waals surface area contributed by atoms with Gasteiger partial charge in [0.05, 0.1) is 0 Å². The fourth-order valence-electron chi connectivity index (χ4n) is 1.17. The van der Waals surface area contributed by atoms with E-state index in [1.807, 2.05) is 12.2 Å². The topological polar surface area (TPSA) is 0 Å². The summed E-state index contributed by atoms with van der Waals surface area (Å²) >= 11 is 0. The maximum Gasteiger partial charge on any atom is -0.0286 e. The third-order valence-corrected chi connectivity index (χ3v) is 1.85. The molecule has 0 saturated heterocycles. The molecule has 0 N–H and O–H groups in total. The van der Waals surface area contributed by atoms with Gasteiger partial charge in [-0.2, -0.15) is 0 Å². The first-order chi connectivity index (χ1) is 5.85. The van der Waals surface area contributed by atoms with Gasteiger partial charge in [-0.3, -0.25) is 0 Å². The van der Waals surface area contributed by atoms with Gasteiger partial charge < -0.3 is 0 Å². The molecule has 0 aromatic carbocycles. The molecule has 0 aliphatic carbocycles. The Hall–Kier alpha value is -0.780. The molecule has 0 bridgehead atoms. The van der Waals surface area contributed by atoms with Gasteiger partial charge in [-0.05, 0) is 25.7 Å². The van der Waals surface area contributed by atoms with Crippen molar-refractivity contribution in [2.45, 2.75) is 39.5 Å². The minimum absolute atomic E-state index is 1.14. The van der Waals surface area contributed by atoms with E-state index >= 15 is 0 Å². The van der Waals surface area contributed by atoms with Crippen LogP contribution in [0.15, 0.2) is 36.5 Å². The molecule has 0 amide bonds. The molecule has 0 aliphatic rings. The van der Waals surface area contributed by atoms with E-state index in [4.69, 9.17) is 0 Å². The summed E-state index contributed by atoms with van der Waals surface area (Å²) in [5.74, 6) is 0. The van der Waals surface area contributed by atoms with Gasteiger partial charge in [0, 0.05) is 0 Å². The van der Waals surface area contributed by atoms with Crippen LogP contribution in [-0.2, 0) is 0 Å². The summed E-state index contributed by atoms with van der Waals surface area (Å²) < 4.78 is 0. The Kier molecular flexibility index (Phi) is 7.78. The van der Waals surface area contributed by atoms with Crippen molar-refractivity contribution in [3.05, 3.63) is 36.5 Å². The average molecular weight is 164 g/mol. The molecule has 0 aliphatic heterocycles. The van der Waals surface area contributed by atoms with E-state index in [0.29, 0.717) is 0 Å². The van der Waals surface area contributed by atoms with E-state index in [9.17, 15) is 0 Å². The second kappa shape index (κ2) is 8.32. The van der Waals surface area contributed by atoms with Crippen LogP contribution in [0, 0.1) is 0 Å². The molecular weight excluding hydrogens is 144 g/mol. The van der Waals surface area contributed by atoms with Gasteiger partial charge in [0.15, 0.2) is 0 Å². The summed E-state index contributed by atoms with van der Waals surface area (Å²) in [5, 5.41) is 0. The van der Waals surface area contributed by atoms with Crippen molar-refractivity contribution in [1.82, 2.24) is 0 Å². The standard InChI is InChI=1S/C12H20/c1-4-7-8-9-11-12(6-3)10-5-2/h4,7-8,10H,1,5-6,9,11H2,2-3H3. The Bertz CT molecular complexity index is 161. The summed E-state index contributed by atoms with van der Waals surface area (Å²) in [4.78, 5) is 0. The molecule has 0 unspecified atom stereocenters. The first kappa shape index (κ1) is 11.2. The van der Waals surface area contributed by atoms with Crippen molar-refractivity contribution < 1.29 is 0 Å². The van der Waals surface area contributed by atoms with Crippen molar-refractivity contribution in [3.8, 4) is 0 Å². The Balaban J connectivity index is 3.65. The average Bonchev–Trinajstić information content (AvgIpc) is 2.10. The van der Waals surface area contributed by atoms with Crippen LogP contribution < -0.4 is 0 Å². The lowest BCUT2D eigenvalue weighted by Crippen LogP contribution is -1.80. The van der Waals surface area contributed by atoms with E-state index in [2.05, 4.69) is 32.6 Å². The summed E-state index contributed by atoms with van der Waals surface area (Å²) in [6.07, 6.45) is 13.0. The van der Waals surface area contributed by atoms with Crippen LogP contribution in [0.2, 0.25) is 0 Å². The summed E-state index contributed by atoms with van der Waals surface area (Å²) in [7, 11) is 0. The van der Waals surface area contributed by atoms with Crippen molar-refractivity contribution in [1.29, 1.82) is 0 Å². The van der Waals surface area contributed by atoms with Gasteiger partial charge >= 0.3 is 0 Å². The van der Waals surface area contributed by atoms with Crippen molar-refractivity contribution in [2.24, 2.45) is 0 Å². The number of hydrogen-bond donors (Lipinski definition) is 0. The summed E-state index contributed by atoms with van der Waals surface area (Å²) in [5.41, 5.74) is 1.58. The second-order valence-electron chi connectivity index (χ2n) is 2.83. The Morgan fingerprint density at radius 1 is 1.33 bits per heavy atom. The van der Waals surface area contributed by atoms with E-state index < -0.39 is 0 Å². The molecule has 0 heterocycles. The van der Waals surface area contributed by atoms with Crippen LogP contribution in [0.1, 0.15) is 39.5 Å². The lowest BCUT2D eigenvalue weighted by atomic mass is 10.1. The minimum atomic E-state index is 1.14. The summed E-state index contributed by atoms with van der Waals surface area (Å²) in [6.45, 7) is 8.04. The molecule has 0 saturated carbocycles. The fraction of sp³-hybridized carbons (Fsp3) is 0.500. The largest absolute Gasteiger partial charge is 0.0991 e. The van der Waals surface area contributed by atoms with E-state index in [1.54, 1.807) is 5.57 Å². The zero-order valence-electron chi connectivity index (χ0n) is 8.34. The third kappa shape index (κ3) is 5.96. The van der Waals surface area contributed by atoms with Gasteiger partial charge in [-0.1, -0.05) is 50.3 Å². The SMILES string of the molecule is C=CC=CCCC(=CCC)CC. The van der Waals surface area contributed by atoms with Gasteiger partial charge in [0.1, 0.15) is 0 Å².